The third kappa shape index (κ3) is 4.07. The number of nitrogens with one attached hydrogen (secondary N) is 2. The number of benzene rings is 5. The molecule has 2 aromatic heterocycles. The van der Waals surface area contributed by atoms with Gasteiger partial charge in [-0.3, -0.25) is 19.8 Å². The first-order valence-electron chi connectivity index (χ1n) is 12.7. The molecule has 0 atom stereocenters. The van der Waals surface area contributed by atoms with Crippen LogP contribution in [0, 0.1) is 0 Å². The van der Waals surface area contributed by atoms with Crippen LogP contribution in [0.15, 0.2) is 125 Å². The van der Waals surface area contributed by atoms with Crippen LogP contribution in [0.3, 0.4) is 0 Å². The molecule has 7 nitrogen and oxygen atoms in total. The topological polar surface area (TPSA) is 94.7 Å². The summed E-state index contributed by atoms with van der Waals surface area (Å²) in [4.78, 5) is 26.7. The number of aromatic nitrogens is 4. The van der Waals surface area contributed by atoms with Gasteiger partial charge in [0.15, 0.2) is 0 Å². The summed E-state index contributed by atoms with van der Waals surface area (Å²) in [6.07, 6.45) is 0. The third-order valence-electron chi connectivity index (χ3n) is 6.99. The number of anilines is 3. The zero-order valence-electron chi connectivity index (χ0n) is 21.0. The molecule has 0 saturated heterocycles. The molecule has 40 heavy (non-hydrogen) atoms. The van der Waals surface area contributed by atoms with Crippen molar-refractivity contribution in [2.45, 2.75) is 0 Å². The van der Waals surface area contributed by atoms with E-state index in [4.69, 9.17) is 0 Å². The average molecular weight is 540 g/mol. The summed E-state index contributed by atoms with van der Waals surface area (Å²) in [6.45, 7) is 0. The van der Waals surface area contributed by atoms with Crippen molar-refractivity contribution < 1.29 is 0 Å². The number of rotatable bonds is 5. The van der Waals surface area contributed by atoms with Crippen LogP contribution in [0.25, 0.3) is 44.1 Å². The highest BCUT2D eigenvalue weighted by Gasteiger charge is 2.16. The van der Waals surface area contributed by atoms with Gasteiger partial charge in [0.25, 0.3) is 11.1 Å². The summed E-state index contributed by atoms with van der Waals surface area (Å²) in [5, 5.41) is 5.44. The lowest BCUT2D eigenvalue weighted by Gasteiger charge is -2.25. The van der Waals surface area contributed by atoms with Gasteiger partial charge in [0.05, 0.1) is 22.5 Å². The Hall–Kier alpha value is -5.34. The van der Waals surface area contributed by atoms with Crippen LogP contribution >= 0.6 is 11.7 Å². The summed E-state index contributed by atoms with van der Waals surface area (Å²) in [5.41, 5.74) is 7.70. The number of hydrogen-bond acceptors (Lipinski definition) is 6. The quantitative estimate of drug-likeness (QED) is 0.245. The fraction of sp³-hybridized carbons (Fsp3) is 0. The average Bonchev–Trinajstić information content (AvgIpc) is 3.51. The largest absolute Gasteiger partial charge is 0.311 e. The molecule has 7 rings (SSSR count). The minimum atomic E-state index is -0.346. The maximum atomic E-state index is 12.4. The van der Waals surface area contributed by atoms with E-state index in [-0.39, 0.29) is 11.1 Å². The van der Waals surface area contributed by atoms with Gasteiger partial charge < -0.3 is 4.90 Å². The molecular formula is C32H21N5O2S. The fourth-order valence-electron chi connectivity index (χ4n) is 5.07. The Morgan fingerprint density at radius 2 is 1.02 bits per heavy atom. The van der Waals surface area contributed by atoms with E-state index in [2.05, 4.69) is 72.4 Å². The number of para-hydroxylation sites is 2. The van der Waals surface area contributed by atoms with Crippen LogP contribution in [0.5, 0.6) is 0 Å². The molecule has 0 bridgehead atoms. The standard InChI is InChI=1S/C32H21N5O2S/c38-31-27-16-13-21(19-28(27)32(39)34-33-31)26-18-17-25(29-30(26)36-40-35-29)20-11-14-24(15-12-20)37(22-7-3-1-4-8-22)23-9-5-2-6-10-23/h1-19H,(H,33,38)(H,34,39). The summed E-state index contributed by atoms with van der Waals surface area (Å²) >= 11 is 1.15. The van der Waals surface area contributed by atoms with Crippen LogP contribution < -0.4 is 16.0 Å². The minimum absolute atomic E-state index is 0.332. The SMILES string of the molecule is O=c1[nH][nH]c(=O)c2cc(-c3ccc(-c4ccc(N(c5ccccc5)c5ccccc5)cc4)c4nsnc34)ccc12. The highest BCUT2D eigenvalue weighted by Crippen LogP contribution is 2.38. The van der Waals surface area contributed by atoms with E-state index in [0.29, 0.717) is 10.8 Å². The molecule has 2 heterocycles. The number of H-pyrrole nitrogens is 2. The summed E-state index contributed by atoms with van der Waals surface area (Å²) in [6, 6.07) is 38.3. The van der Waals surface area contributed by atoms with Gasteiger partial charge in [-0.25, -0.2) is 0 Å². The molecule has 0 aliphatic carbocycles. The summed E-state index contributed by atoms with van der Waals surface area (Å²) in [7, 11) is 0. The van der Waals surface area contributed by atoms with E-state index >= 15 is 0 Å². The van der Waals surface area contributed by atoms with E-state index in [1.54, 1.807) is 12.1 Å². The predicted octanol–water partition coefficient (Wildman–Crippen LogP) is 7.02. The molecule has 5 aromatic carbocycles. The molecule has 0 fully saturated rings. The minimum Gasteiger partial charge on any atom is -0.311 e. The Labute approximate surface area is 232 Å². The molecule has 2 N–H and O–H groups in total. The fourth-order valence-corrected chi connectivity index (χ4v) is 5.64. The van der Waals surface area contributed by atoms with E-state index in [1.165, 1.54) is 0 Å². The predicted molar refractivity (Wildman–Crippen MR) is 162 cm³/mol. The van der Waals surface area contributed by atoms with Crippen molar-refractivity contribution in [2.24, 2.45) is 0 Å². The molecular weight excluding hydrogens is 518 g/mol. The van der Waals surface area contributed by atoms with E-state index in [1.807, 2.05) is 54.6 Å². The maximum absolute atomic E-state index is 12.4. The van der Waals surface area contributed by atoms with Gasteiger partial charge in [-0.1, -0.05) is 66.7 Å². The molecule has 7 aromatic rings. The van der Waals surface area contributed by atoms with Gasteiger partial charge >= 0.3 is 0 Å². The Kier molecular flexibility index (Phi) is 5.79. The normalized spacial score (nSPS) is 11.2. The number of nitrogens with zero attached hydrogens (tertiary/aromatic N) is 3. The molecule has 0 radical (unpaired) electrons. The smallest absolute Gasteiger partial charge is 0.270 e. The van der Waals surface area contributed by atoms with Gasteiger partial charge in [0, 0.05) is 28.2 Å². The molecule has 192 valence electrons. The maximum Gasteiger partial charge on any atom is 0.270 e. The first kappa shape index (κ1) is 23.8. The molecule has 0 aliphatic heterocycles. The van der Waals surface area contributed by atoms with Crippen molar-refractivity contribution in [3.63, 3.8) is 0 Å². The Morgan fingerprint density at radius 3 is 1.62 bits per heavy atom. The van der Waals surface area contributed by atoms with Gasteiger partial charge in [-0.05, 0) is 59.7 Å². The van der Waals surface area contributed by atoms with Crippen molar-refractivity contribution in [1.29, 1.82) is 0 Å². The first-order chi connectivity index (χ1) is 19.7. The monoisotopic (exact) mass is 539 g/mol. The molecule has 0 aliphatic rings. The second-order valence-electron chi connectivity index (χ2n) is 9.34. The van der Waals surface area contributed by atoms with Crippen molar-refractivity contribution >= 4 is 50.6 Å². The van der Waals surface area contributed by atoms with Crippen LogP contribution in [-0.2, 0) is 0 Å². The zero-order valence-corrected chi connectivity index (χ0v) is 21.9. The molecule has 0 saturated carbocycles. The highest BCUT2D eigenvalue weighted by molar-refractivity contribution is 7.00. The Balaban J connectivity index is 1.30. The molecule has 8 heteroatoms. The Morgan fingerprint density at radius 1 is 0.525 bits per heavy atom. The molecule has 0 amide bonds. The lowest BCUT2D eigenvalue weighted by atomic mass is 9.96. The highest BCUT2D eigenvalue weighted by atomic mass is 32.1. The summed E-state index contributed by atoms with van der Waals surface area (Å²) < 4.78 is 9.22. The van der Waals surface area contributed by atoms with Gasteiger partial charge in [0.1, 0.15) is 11.0 Å². The van der Waals surface area contributed by atoms with Gasteiger partial charge in [-0.15, -0.1) is 0 Å². The Bertz CT molecular complexity index is 2060. The van der Waals surface area contributed by atoms with Crippen LogP contribution in [0.4, 0.5) is 17.1 Å². The van der Waals surface area contributed by atoms with Crippen molar-refractivity contribution in [3.8, 4) is 22.3 Å². The van der Waals surface area contributed by atoms with Gasteiger partial charge in [-0.2, -0.15) is 8.75 Å². The van der Waals surface area contributed by atoms with Crippen LogP contribution in [0.2, 0.25) is 0 Å². The lowest BCUT2D eigenvalue weighted by molar-refractivity contribution is 0.977. The van der Waals surface area contributed by atoms with Gasteiger partial charge in [0.2, 0.25) is 0 Å². The van der Waals surface area contributed by atoms with Crippen molar-refractivity contribution in [3.05, 3.63) is 136 Å². The number of hydrogen-bond donors (Lipinski definition) is 2. The van der Waals surface area contributed by atoms with E-state index < -0.39 is 0 Å². The number of fused-ring (bicyclic) bond motifs is 2. The zero-order chi connectivity index (χ0) is 27.1. The van der Waals surface area contributed by atoms with Crippen LogP contribution in [0.1, 0.15) is 0 Å². The first-order valence-corrected chi connectivity index (χ1v) is 13.4. The molecule has 0 unspecified atom stereocenters. The molecule has 0 spiro atoms. The second-order valence-corrected chi connectivity index (χ2v) is 9.87. The summed E-state index contributed by atoms with van der Waals surface area (Å²) in [5.74, 6) is 0. The van der Waals surface area contributed by atoms with E-state index in [9.17, 15) is 9.59 Å². The van der Waals surface area contributed by atoms with Crippen LogP contribution in [-0.4, -0.2) is 18.9 Å². The van der Waals surface area contributed by atoms with E-state index in [0.717, 1.165) is 62.1 Å². The van der Waals surface area contributed by atoms with Crippen molar-refractivity contribution in [1.82, 2.24) is 18.9 Å². The third-order valence-corrected chi connectivity index (χ3v) is 7.52. The lowest BCUT2D eigenvalue weighted by Crippen LogP contribution is -2.18. The van der Waals surface area contributed by atoms with Crippen molar-refractivity contribution in [2.75, 3.05) is 4.90 Å². The second kappa shape index (κ2) is 9.76. The number of aromatic amines is 2.